The van der Waals surface area contributed by atoms with Crippen LogP contribution in [0.2, 0.25) is 0 Å². The van der Waals surface area contributed by atoms with Crippen LogP contribution in [-0.2, 0) is 0 Å². The van der Waals surface area contributed by atoms with E-state index in [9.17, 15) is 4.79 Å². The zero-order valence-electron chi connectivity index (χ0n) is 8.53. The number of hydrogen-bond acceptors (Lipinski definition) is 1. The molecular weight excluding hydrogens is 196 g/mol. The van der Waals surface area contributed by atoms with Crippen molar-refractivity contribution in [2.24, 2.45) is 0 Å². The Balaban J connectivity index is 2.51. The number of hydrogen-bond donors (Lipinski definition) is 0. The van der Waals surface area contributed by atoms with Gasteiger partial charge < -0.3 is 0 Å². The van der Waals surface area contributed by atoms with Crippen molar-refractivity contribution in [1.82, 2.24) is 0 Å². The zero-order chi connectivity index (χ0) is 11.1. The second kappa shape index (κ2) is 3.08. The largest absolute Gasteiger partial charge is 0.288 e. The van der Waals surface area contributed by atoms with Gasteiger partial charge in [0.05, 0.1) is 5.57 Å². The summed E-state index contributed by atoms with van der Waals surface area (Å²) in [4.78, 5) is 12.0. The minimum atomic E-state index is -0.0493. The molecule has 0 spiro atoms. The van der Waals surface area contributed by atoms with Crippen molar-refractivity contribution in [2.75, 3.05) is 0 Å². The molecule has 0 unspecified atom stereocenters. The summed E-state index contributed by atoms with van der Waals surface area (Å²) < 4.78 is 0. The SMILES string of the molecule is C#CC1=Cc2cccc3cccc(c23)C1=O. The Kier molecular flexibility index (Phi) is 1.72. The first-order chi connectivity index (χ1) is 7.81. The fraction of sp³-hybridized carbons (Fsp3) is 0. The van der Waals surface area contributed by atoms with Gasteiger partial charge in [-0.15, -0.1) is 6.42 Å². The van der Waals surface area contributed by atoms with Crippen molar-refractivity contribution >= 4 is 22.6 Å². The summed E-state index contributed by atoms with van der Waals surface area (Å²) in [7, 11) is 0. The lowest BCUT2D eigenvalue weighted by molar-refractivity contribution is 0.104. The molecule has 0 amide bonds. The number of ketones is 1. The van der Waals surface area contributed by atoms with E-state index < -0.39 is 0 Å². The molecule has 0 saturated carbocycles. The van der Waals surface area contributed by atoms with Gasteiger partial charge in [-0.3, -0.25) is 4.79 Å². The van der Waals surface area contributed by atoms with Crippen LogP contribution in [0.4, 0.5) is 0 Å². The predicted octanol–water partition coefficient (Wildman–Crippen LogP) is 3.05. The average Bonchev–Trinajstić information content (AvgIpc) is 2.33. The minimum absolute atomic E-state index is 0.0493. The maximum absolute atomic E-state index is 12.0. The van der Waals surface area contributed by atoms with E-state index in [1.807, 2.05) is 36.4 Å². The third kappa shape index (κ3) is 1.04. The van der Waals surface area contributed by atoms with Gasteiger partial charge in [-0.1, -0.05) is 42.3 Å². The molecule has 0 N–H and O–H groups in total. The molecule has 0 aromatic heterocycles. The first-order valence-electron chi connectivity index (χ1n) is 5.06. The van der Waals surface area contributed by atoms with Crippen LogP contribution in [0.25, 0.3) is 16.8 Å². The van der Waals surface area contributed by atoms with Crippen LogP contribution in [0.5, 0.6) is 0 Å². The summed E-state index contributed by atoms with van der Waals surface area (Å²) in [5.74, 6) is 2.40. The smallest absolute Gasteiger partial charge is 0.202 e. The molecule has 3 rings (SSSR count). The molecule has 1 nitrogen and oxygen atoms in total. The van der Waals surface area contributed by atoms with Crippen LogP contribution in [-0.4, -0.2) is 5.78 Å². The third-order valence-corrected chi connectivity index (χ3v) is 2.88. The number of Topliss-reactive ketones (excluding diaryl/α,β-unsaturated/α-hetero) is 1. The second-order valence-electron chi connectivity index (χ2n) is 3.78. The number of terminal acetylenes is 1. The first kappa shape index (κ1) is 8.94. The topological polar surface area (TPSA) is 17.1 Å². The number of carbonyl (C=O) groups is 1. The van der Waals surface area contributed by atoms with Crippen molar-refractivity contribution in [2.45, 2.75) is 0 Å². The van der Waals surface area contributed by atoms with Crippen molar-refractivity contribution in [3.05, 3.63) is 53.1 Å². The van der Waals surface area contributed by atoms with Crippen LogP contribution in [0.1, 0.15) is 15.9 Å². The maximum atomic E-state index is 12.0. The van der Waals surface area contributed by atoms with Gasteiger partial charge in [0.25, 0.3) is 0 Å². The maximum Gasteiger partial charge on any atom is 0.202 e. The molecule has 0 saturated heterocycles. The summed E-state index contributed by atoms with van der Waals surface area (Å²) in [6.07, 6.45) is 7.13. The molecule has 1 aliphatic carbocycles. The van der Waals surface area contributed by atoms with E-state index in [0.29, 0.717) is 11.1 Å². The summed E-state index contributed by atoms with van der Waals surface area (Å²) in [6, 6.07) is 11.7. The van der Waals surface area contributed by atoms with E-state index in [0.717, 1.165) is 16.3 Å². The van der Waals surface area contributed by atoms with Crippen molar-refractivity contribution < 1.29 is 4.79 Å². The summed E-state index contributed by atoms with van der Waals surface area (Å²) in [6.45, 7) is 0. The lowest BCUT2D eigenvalue weighted by atomic mass is 9.88. The van der Waals surface area contributed by atoms with Gasteiger partial charge in [0.15, 0.2) is 0 Å². The molecule has 1 aliphatic rings. The van der Waals surface area contributed by atoms with E-state index >= 15 is 0 Å². The molecule has 0 fully saturated rings. The quantitative estimate of drug-likeness (QED) is 0.603. The van der Waals surface area contributed by atoms with Crippen molar-refractivity contribution in [1.29, 1.82) is 0 Å². The molecule has 1 heteroatoms. The summed E-state index contributed by atoms with van der Waals surface area (Å²) >= 11 is 0. The standard InChI is InChI=1S/C15H8O/c1-2-10-9-12-7-3-5-11-6-4-8-13(14(11)12)15(10)16/h1,3-9H. The van der Waals surface area contributed by atoms with E-state index in [-0.39, 0.29) is 5.78 Å². The number of benzene rings is 2. The van der Waals surface area contributed by atoms with Crippen LogP contribution < -0.4 is 0 Å². The van der Waals surface area contributed by atoms with Crippen molar-refractivity contribution in [3.8, 4) is 12.3 Å². The number of carbonyl (C=O) groups excluding carboxylic acids is 1. The fourth-order valence-corrected chi connectivity index (χ4v) is 2.15. The number of allylic oxidation sites excluding steroid dienone is 1. The Hall–Kier alpha value is -2.33. The Morgan fingerprint density at radius 1 is 1.06 bits per heavy atom. The second-order valence-corrected chi connectivity index (χ2v) is 3.78. The average molecular weight is 204 g/mol. The molecule has 0 bridgehead atoms. The van der Waals surface area contributed by atoms with Crippen LogP contribution in [0.15, 0.2) is 42.0 Å². The van der Waals surface area contributed by atoms with Gasteiger partial charge in [-0.2, -0.15) is 0 Å². The van der Waals surface area contributed by atoms with Crippen molar-refractivity contribution in [3.63, 3.8) is 0 Å². The third-order valence-electron chi connectivity index (χ3n) is 2.88. The number of rotatable bonds is 0. The summed E-state index contributed by atoms with van der Waals surface area (Å²) in [5, 5.41) is 2.09. The summed E-state index contributed by atoms with van der Waals surface area (Å²) in [5.41, 5.74) is 2.18. The molecule has 74 valence electrons. The van der Waals surface area contributed by atoms with E-state index in [4.69, 9.17) is 6.42 Å². The van der Waals surface area contributed by atoms with Gasteiger partial charge in [0, 0.05) is 10.9 Å². The Morgan fingerprint density at radius 3 is 2.56 bits per heavy atom. The van der Waals surface area contributed by atoms with Gasteiger partial charge >= 0.3 is 0 Å². The van der Waals surface area contributed by atoms with Crippen LogP contribution in [0.3, 0.4) is 0 Å². The highest BCUT2D eigenvalue weighted by molar-refractivity contribution is 6.24. The molecule has 0 radical (unpaired) electrons. The lowest BCUT2D eigenvalue weighted by Gasteiger charge is -2.13. The Labute approximate surface area is 93.4 Å². The molecule has 0 atom stereocenters. The van der Waals surface area contributed by atoms with E-state index in [2.05, 4.69) is 5.92 Å². The molecule has 0 heterocycles. The van der Waals surface area contributed by atoms with Gasteiger partial charge in [0.2, 0.25) is 5.78 Å². The highest BCUT2D eigenvalue weighted by Gasteiger charge is 2.19. The van der Waals surface area contributed by atoms with Crippen LogP contribution in [0, 0.1) is 12.3 Å². The predicted molar refractivity (Wildman–Crippen MR) is 65.1 cm³/mol. The molecule has 2 aromatic carbocycles. The van der Waals surface area contributed by atoms with E-state index in [1.54, 1.807) is 6.08 Å². The monoisotopic (exact) mass is 204 g/mol. The molecule has 0 aliphatic heterocycles. The molecule has 16 heavy (non-hydrogen) atoms. The fourth-order valence-electron chi connectivity index (χ4n) is 2.15. The Morgan fingerprint density at radius 2 is 1.81 bits per heavy atom. The van der Waals surface area contributed by atoms with Gasteiger partial charge in [0.1, 0.15) is 0 Å². The molecule has 2 aromatic rings. The lowest BCUT2D eigenvalue weighted by Crippen LogP contribution is -2.07. The zero-order valence-corrected chi connectivity index (χ0v) is 8.53. The minimum Gasteiger partial charge on any atom is -0.288 e. The normalized spacial score (nSPS) is 13.4. The van der Waals surface area contributed by atoms with Gasteiger partial charge in [-0.05, 0) is 17.0 Å². The Bertz CT molecular complexity index is 679. The van der Waals surface area contributed by atoms with Crippen LogP contribution >= 0.6 is 0 Å². The highest BCUT2D eigenvalue weighted by atomic mass is 16.1. The molecular formula is C15H8O. The van der Waals surface area contributed by atoms with Gasteiger partial charge in [-0.25, -0.2) is 0 Å². The highest BCUT2D eigenvalue weighted by Crippen LogP contribution is 2.30. The van der Waals surface area contributed by atoms with E-state index in [1.165, 1.54) is 0 Å². The first-order valence-corrected chi connectivity index (χ1v) is 5.06.